The quantitative estimate of drug-likeness (QED) is 0.136. The number of hydrazine groups is 1. The molecular formula is C41H31N3O3. The predicted octanol–water partition coefficient (Wildman–Crippen LogP) is 9.28. The molecule has 0 unspecified atom stereocenters. The van der Waals surface area contributed by atoms with Crippen molar-refractivity contribution in [2.24, 2.45) is 0 Å². The molecule has 0 N–H and O–H groups in total. The lowest BCUT2D eigenvalue weighted by Crippen LogP contribution is -2.41. The second kappa shape index (κ2) is 12.9. The van der Waals surface area contributed by atoms with E-state index in [0.29, 0.717) is 28.5 Å². The molecule has 2 aliphatic heterocycles. The van der Waals surface area contributed by atoms with Gasteiger partial charge in [-0.25, -0.2) is 10.0 Å². The number of anilines is 5. The van der Waals surface area contributed by atoms with Crippen molar-refractivity contribution in [2.45, 2.75) is 6.92 Å². The van der Waals surface area contributed by atoms with E-state index in [1.807, 2.05) is 116 Å². The number of hydrogen-bond acceptors (Lipinski definition) is 4. The number of carbonyl (C=O) groups excluding carboxylic acids is 2. The molecule has 0 spiro atoms. The molecule has 1 saturated heterocycles. The molecule has 1 fully saturated rings. The minimum atomic E-state index is -0.400. The number of carbonyl (C=O) groups is 2. The van der Waals surface area contributed by atoms with Crippen LogP contribution in [0.25, 0.3) is 6.08 Å². The van der Waals surface area contributed by atoms with Crippen molar-refractivity contribution in [1.29, 1.82) is 0 Å². The highest BCUT2D eigenvalue weighted by molar-refractivity contribution is 6.36. The number of hydrogen-bond donors (Lipinski definition) is 0. The third-order valence-electron chi connectivity index (χ3n) is 7.86. The van der Waals surface area contributed by atoms with E-state index in [-0.39, 0.29) is 5.57 Å². The molecule has 2 amide bonds. The normalized spacial score (nSPS) is 14.7. The Morgan fingerprint density at radius 2 is 0.979 bits per heavy atom. The summed E-state index contributed by atoms with van der Waals surface area (Å²) in [6.07, 6.45) is 7.28. The molecule has 0 aliphatic carbocycles. The van der Waals surface area contributed by atoms with Crippen molar-refractivity contribution in [3.8, 4) is 0 Å². The van der Waals surface area contributed by atoms with Crippen LogP contribution < -0.4 is 14.9 Å². The highest BCUT2D eigenvalue weighted by Gasteiger charge is 2.44. The molecule has 0 saturated carbocycles. The number of ether oxygens (including phenoxy) is 1. The Hall–Kier alpha value is -6.40. The van der Waals surface area contributed by atoms with Gasteiger partial charge in [0.05, 0.1) is 11.4 Å². The number of allylic oxidation sites excluding steroid dienone is 5. The Balaban J connectivity index is 1.19. The lowest BCUT2D eigenvalue weighted by Gasteiger charge is -2.27. The van der Waals surface area contributed by atoms with Gasteiger partial charge in [-0.1, -0.05) is 91.0 Å². The van der Waals surface area contributed by atoms with Crippen LogP contribution in [0.3, 0.4) is 0 Å². The first-order valence-corrected chi connectivity index (χ1v) is 15.4. The Kier molecular flexibility index (Phi) is 8.05. The van der Waals surface area contributed by atoms with Gasteiger partial charge in [0.25, 0.3) is 11.8 Å². The molecule has 0 bridgehead atoms. The summed E-state index contributed by atoms with van der Waals surface area (Å²) in [5, 5.41) is 2.86. The average molecular weight is 614 g/mol. The molecule has 6 heteroatoms. The van der Waals surface area contributed by atoms with Crippen molar-refractivity contribution in [3.05, 3.63) is 192 Å². The van der Waals surface area contributed by atoms with Gasteiger partial charge < -0.3 is 9.64 Å². The van der Waals surface area contributed by atoms with E-state index in [1.165, 1.54) is 10.0 Å². The second-order valence-corrected chi connectivity index (χ2v) is 11.1. The first-order valence-electron chi connectivity index (χ1n) is 15.4. The predicted molar refractivity (Wildman–Crippen MR) is 188 cm³/mol. The third kappa shape index (κ3) is 6.00. The Bertz CT molecular complexity index is 1930. The lowest BCUT2D eigenvalue weighted by molar-refractivity contribution is -0.116. The van der Waals surface area contributed by atoms with Gasteiger partial charge in [0.1, 0.15) is 17.1 Å². The second-order valence-electron chi connectivity index (χ2n) is 11.1. The van der Waals surface area contributed by atoms with Gasteiger partial charge in [-0.3, -0.25) is 9.59 Å². The number of para-hydroxylation sites is 4. The summed E-state index contributed by atoms with van der Waals surface area (Å²) in [7, 11) is 0. The molecule has 0 radical (unpaired) electrons. The van der Waals surface area contributed by atoms with Gasteiger partial charge in [0, 0.05) is 17.1 Å². The van der Waals surface area contributed by atoms with Gasteiger partial charge in [0.15, 0.2) is 0 Å². The zero-order valence-corrected chi connectivity index (χ0v) is 25.7. The van der Waals surface area contributed by atoms with E-state index < -0.39 is 11.8 Å². The summed E-state index contributed by atoms with van der Waals surface area (Å²) in [5.41, 5.74) is 5.92. The van der Waals surface area contributed by atoms with Crippen molar-refractivity contribution < 1.29 is 14.3 Å². The Morgan fingerprint density at radius 1 is 0.532 bits per heavy atom. The SMILES string of the molecule is CC1=CC(=C2C(=O)N(c3ccccc3)N(c3ccccc3)C2=O)C=C(/C=C/c2ccc(N(c3ccccc3)c3ccccc3)cc2)O1. The van der Waals surface area contributed by atoms with E-state index in [4.69, 9.17) is 4.74 Å². The highest BCUT2D eigenvalue weighted by atomic mass is 16.5. The third-order valence-corrected chi connectivity index (χ3v) is 7.86. The monoisotopic (exact) mass is 613 g/mol. The number of benzene rings is 5. The summed E-state index contributed by atoms with van der Waals surface area (Å²) in [6.45, 7) is 1.81. The van der Waals surface area contributed by atoms with Crippen LogP contribution in [-0.4, -0.2) is 11.8 Å². The molecule has 0 aromatic heterocycles. The largest absolute Gasteiger partial charge is 0.462 e. The summed E-state index contributed by atoms with van der Waals surface area (Å²) in [4.78, 5) is 30.1. The van der Waals surface area contributed by atoms with Gasteiger partial charge in [0.2, 0.25) is 0 Å². The summed E-state index contributed by atoms with van der Waals surface area (Å²) < 4.78 is 6.01. The average Bonchev–Trinajstić information content (AvgIpc) is 3.38. The van der Waals surface area contributed by atoms with Crippen molar-refractivity contribution in [3.63, 3.8) is 0 Å². The Morgan fingerprint density at radius 3 is 1.47 bits per heavy atom. The van der Waals surface area contributed by atoms with Crippen LogP contribution in [-0.2, 0) is 14.3 Å². The lowest BCUT2D eigenvalue weighted by atomic mass is 10.0. The van der Waals surface area contributed by atoms with Crippen LogP contribution in [0.4, 0.5) is 28.4 Å². The smallest absolute Gasteiger partial charge is 0.283 e. The Labute approximate surface area is 274 Å². The number of nitrogens with zero attached hydrogens (tertiary/aromatic N) is 3. The first kappa shape index (κ1) is 29.3. The van der Waals surface area contributed by atoms with Crippen LogP contribution in [0.2, 0.25) is 0 Å². The molecule has 2 heterocycles. The van der Waals surface area contributed by atoms with Crippen LogP contribution in [0.5, 0.6) is 0 Å². The maximum atomic E-state index is 14.0. The van der Waals surface area contributed by atoms with Crippen LogP contribution in [0.1, 0.15) is 12.5 Å². The first-order chi connectivity index (χ1) is 23.1. The molecule has 7 rings (SSSR count). The summed E-state index contributed by atoms with van der Waals surface area (Å²) in [6, 6.07) is 47.2. The number of rotatable bonds is 7. The molecular weight excluding hydrogens is 582 g/mol. The van der Waals surface area contributed by atoms with E-state index in [2.05, 4.69) is 53.4 Å². The van der Waals surface area contributed by atoms with E-state index in [9.17, 15) is 9.59 Å². The summed E-state index contributed by atoms with van der Waals surface area (Å²) >= 11 is 0. The zero-order valence-electron chi connectivity index (χ0n) is 25.7. The van der Waals surface area contributed by atoms with Gasteiger partial charge in [-0.05, 0) is 97.0 Å². The molecule has 228 valence electrons. The van der Waals surface area contributed by atoms with Crippen LogP contribution in [0, 0.1) is 0 Å². The maximum Gasteiger partial charge on any atom is 0.283 e. The molecule has 6 nitrogen and oxygen atoms in total. The molecule has 2 aliphatic rings. The topological polar surface area (TPSA) is 53.1 Å². The fraction of sp³-hybridized carbons (Fsp3) is 0.0244. The standard InChI is InChI=1S/C41H31N3O3/c1-30-28-32(39-40(45)43(36-18-10-4-11-19-36)44(41(39)46)37-20-12-5-13-21-37)29-38(47-30)27-24-31-22-25-35(26-23-31)42(33-14-6-2-7-15-33)34-16-8-3-9-17-34/h2-29H,1H3/b27-24+. The highest BCUT2D eigenvalue weighted by Crippen LogP contribution is 2.36. The van der Waals surface area contributed by atoms with Gasteiger partial charge >= 0.3 is 0 Å². The van der Waals surface area contributed by atoms with Crippen molar-refractivity contribution in [2.75, 3.05) is 14.9 Å². The van der Waals surface area contributed by atoms with Crippen molar-refractivity contribution in [1.82, 2.24) is 0 Å². The fourth-order valence-electron chi connectivity index (χ4n) is 5.74. The maximum absolute atomic E-state index is 14.0. The minimum Gasteiger partial charge on any atom is -0.462 e. The van der Waals surface area contributed by atoms with Gasteiger partial charge in [-0.2, -0.15) is 0 Å². The van der Waals surface area contributed by atoms with E-state index in [0.717, 1.165) is 22.6 Å². The van der Waals surface area contributed by atoms with E-state index >= 15 is 0 Å². The van der Waals surface area contributed by atoms with Crippen LogP contribution >= 0.6 is 0 Å². The van der Waals surface area contributed by atoms with Crippen molar-refractivity contribution >= 4 is 46.3 Å². The number of amides is 2. The molecule has 5 aromatic carbocycles. The zero-order chi connectivity index (χ0) is 32.2. The molecule has 5 aromatic rings. The van der Waals surface area contributed by atoms with Gasteiger partial charge in [-0.15, -0.1) is 0 Å². The van der Waals surface area contributed by atoms with Crippen LogP contribution in [0.15, 0.2) is 186 Å². The minimum absolute atomic E-state index is 0.0810. The van der Waals surface area contributed by atoms with E-state index in [1.54, 1.807) is 12.2 Å². The molecule has 47 heavy (non-hydrogen) atoms. The summed E-state index contributed by atoms with van der Waals surface area (Å²) in [5.74, 6) is 0.304. The molecule has 0 atom stereocenters. The fourth-order valence-corrected chi connectivity index (χ4v) is 5.74.